The maximum atomic E-state index is 13.2. The molecule has 1 aliphatic rings. The summed E-state index contributed by atoms with van der Waals surface area (Å²) in [7, 11) is 1.61. The average Bonchev–Trinajstić information content (AvgIpc) is 3.49. The fraction of sp³-hybridized carbons (Fsp3) is 0.286. The van der Waals surface area contributed by atoms with Crippen molar-refractivity contribution in [1.82, 2.24) is 14.8 Å². The van der Waals surface area contributed by atoms with Crippen LogP contribution in [0.5, 0.6) is 5.75 Å². The molecule has 144 valence electrons. The van der Waals surface area contributed by atoms with Crippen LogP contribution in [0.15, 0.2) is 59.8 Å². The summed E-state index contributed by atoms with van der Waals surface area (Å²) in [4.78, 5) is 13.2. The number of carbonyl (C=O) groups is 1. The molecular formula is C21H22N4O2S. The van der Waals surface area contributed by atoms with E-state index in [2.05, 4.69) is 20.1 Å². The van der Waals surface area contributed by atoms with Crippen LogP contribution in [0.3, 0.4) is 0 Å². The van der Waals surface area contributed by atoms with E-state index in [0.717, 1.165) is 29.4 Å². The molecule has 1 N–H and O–H groups in total. The van der Waals surface area contributed by atoms with E-state index < -0.39 is 5.25 Å². The second-order valence-electron chi connectivity index (χ2n) is 6.76. The molecule has 1 heterocycles. The van der Waals surface area contributed by atoms with E-state index in [1.54, 1.807) is 7.11 Å². The Hall–Kier alpha value is -2.80. The number of anilines is 1. The lowest BCUT2D eigenvalue weighted by molar-refractivity contribution is -0.115. The van der Waals surface area contributed by atoms with Crippen molar-refractivity contribution in [2.24, 2.45) is 0 Å². The van der Waals surface area contributed by atoms with E-state index in [1.165, 1.54) is 11.8 Å². The van der Waals surface area contributed by atoms with Gasteiger partial charge in [0, 0.05) is 17.8 Å². The number of nitrogens with one attached hydrogen (secondary N) is 1. The van der Waals surface area contributed by atoms with Crippen molar-refractivity contribution in [2.75, 3.05) is 12.4 Å². The smallest absolute Gasteiger partial charge is 0.242 e. The second kappa shape index (κ2) is 8.06. The minimum absolute atomic E-state index is 0.104. The number of hydrogen-bond acceptors (Lipinski definition) is 5. The van der Waals surface area contributed by atoms with Gasteiger partial charge in [0.25, 0.3) is 0 Å². The first kappa shape index (κ1) is 18.6. The molecule has 0 aliphatic heterocycles. The molecule has 1 fully saturated rings. The molecule has 0 saturated heterocycles. The summed E-state index contributed by atoms with van der Waals surface area (Å²) in [5, 5.41) is 11.9. The van der Waals surface area contributed by atoms with Crippen LogP contribution < -0.4 is 10.1 Å². The third-order valence-electron chi connectivity index (χ3n) is 4.65. The van der Waals surface area contributed by atoms with E-state index in [4.69, 9.17) is 4.74 Å². The molecule has 0 unspecified atom stereocenters. The van der Waals surface area contributed by atoms with Gasteiger partial charge < -0.3 is 14.6 Å². The Bertz CT molecular complexity index is 970. The summed E-state index contributed by atoms with van der Waals surface area (Å²) < 4.78 is 7.40. The molecule has 1 amide bonds. The Morgan fingerprint density at radius 1 is 1.18 bits per heavy atom. The number of ether oxygens (including phenoxy) is 1. The Morgan fingerprint density at radius 2 is 1.96 bits per heavy atom. The number of rotatable bonds is 7. The maximum absolute atomic E-state index is 13.2. The molecule has 1 aromatic heterocycles. The van der Waals surface area contributed by atoms with Crippen LogP contribution >= 0.6 is 11.8 Å². The van der Waals surface area contributed by atoms with E-state index >= 15 is 0 Å². The minimum Gasteiger partial charge on any atom is -0.497 e. The predicted octanol–water partition coefficient (Wildman–Crippen LogP) is 4.40. The number of methoxy groups -OCH3 is 1. The highest BCUT2D eigenvalue weighted by atomic mass is 32.2. The first-order valence-electron chi connectivity index (χ1n) is 9.23. The number of aryl methyl sites for hydroxylation is 1. The molecule has 1 aliphatic carbocycles. The largest absolute Gasteiger partial charge is 0.497 e. The van der Waals surface area contributed by atoms with E-state index in [1.807, 2.05) is 61.5 Å². The van der Waals surface area contributed by atoms with Crippen molar-refractivity contribution in [3.63, 3.8) is 0 Å². The average molecular weight is 395 g/mol. The number of thioether (sulfide) groups is 1. The first-order valence-corrected chi connectivity index (χ1v) is 10.1. The molecule has 4 rings (SSSR count). The zero-order valence-corrected chi connectivity index (χ0v) is 16.6. The summed E-state index contributed by atoms with van der Waals surface area (Å²) in [5.74, 6) is 1.49. The summed E-state index contributed by atoms with van der Waals surface area (Å²) in [6.07, 6.45) is 2.27. The normalized spacial score (nSPS) is 14.5. The molecule has 28 heavy (non-hydrogen) atoms. The molecule has 3 aromatic rings. The first-order chi connectivity index (χ1) is 13.7. The Morgan fingerprint density at radius 3 is 2.68 bits per heavy atom. The molecule has 7 heteroatoms. The van der Waals surface area contributed by atoms with Crippen molar-refractivity contribution >= 4 is 23.4 Å². The molecule has 0 spiro atoms. The molecule has 6 nitrogen and oxygen atoms in total. The van der Waals surface area contributed by atoms with Crippen LogP contribution in [-0.2, 0) is 4.79 Å². The zero-order chi connectivity index (χ0) is 19.5. The maximum Gasteiger partial charge on any atom is 0.242 e. The Balaban J connectivity index is 1.61. The molecule has 1 saturated carbocycles. The third kappa shape index (κ3) is 4.04. The van der Waals surface area contributed by atoms with E-state index in [9.17, 15) is 4.79 Å². The van der Waals surface area contributed by atoms with Gasteiger partial charge in [0.1, 0.15) is 16.8 Å². The van der Waals surface area contributed by atoms with Gasteiger partial charge >= 0.3 is 0 Å². The zero-order valence-electron chi connectivity index (χ0n) is 15.8. The summed E-state index contributed by atoms with van der Waals surface area (Å²) in [6, 6.07) is 17.6. The topological polar surface area (TPSA) is 69.0 Å². The van der Waals surface area contributed by atoms with Gasteiger partial charge in [0.2, 0.25) is 5.91 Å². The molecular weight excluding hydrogens is 372 g/mol. The number of nitrogens with zero attached hydrogens (tertiary/aromatic N) is 3. The molecule has 0 radical (unpaired) electrons. The number of amides is 1. The highest BCUT2D eigenvalue weighted by Gasteiger charge is 2.31. The minimum atomic E-state index is -0.437. The van der Waals surface area contributed by atoms with Gasteiger partial charge in [-0.15, -0.1) is 10.2 Å². The Labute approximate surface area is 168 Å². The number of hydrogen-bond donors (Lipinski definition) is 1. The molecule has 1 atom stereocenters. The van der Waals surface area contributed by atoms with Crippen LogP contribution in [0.4, 0.5) is 5.69 Å². The summed E-state index contributed by atoms with van der Waals surface area (Å²) in [5.41, 5.74) is 1.63. The lowest BCUT2D eigenvalue weighted by Crippen LogP contribution is -2.19. The lowest BCUT2D eigenvalue weighted by Gasteiger charge is -2.17. The van der Waals surface area contributed by atoms with Crippen molar-refractivity contribution < 1.29 is 9.53 Å². The lowest BCUT2D eigenvalue weighted by atomic mass is 10.1. The number of carbonyl (C=O) groups excluding carboxylic acids is 1. The van der Waals surface area contributed by atoms with Gasteiger partial charge in [0.05, 0.1) is 7.11 Å². The van der Waals surface area contributed by atoms with Gasteiger partial charge in [-0.25, -0.2) is 0 Å². The predicted molar refractivity (Wildman–Crippen MR) is 110 cm³/mol. The highest BCUT2D eigenvalue weighted by molar-refractivity contribution is 8.00. The molecule has 2 aromatic carbocycles. The number of benzene rings is 2. The van der Waals surface area contributed by atoms with Crippen LogP contribution in [0.25, 0.3) is 0 Å². The number of aromatic nitrogens is 3. The van der Waals surface area contributed by atoms with Crippen molar-refractivity contribution in [3.05, 3.63) is 66.0 Å². The van der Waals surface area contributed by atoms with Crippen LogP contribution in [0.2, 0.25) is 0 Å². The fourth-order valence-electron chi connectivity index (χ4n) is 3.10. The van der Waals surface area contributed by atoms with Crippen molar-refractivity contribution in [3.8, 4) is 5.75 Å². The monoisotopic (exact) mass is 394 g/mol. The van der Waals surface area contributed by atoms with Gasteiger partial charge in [-0.3, -0.25) is 4.79 Å². The fourth-order valence-corrected chi connectivity index (χ4v) is 4.25. The summed E-state index contributed by atoms with van der Waals surface area (Å²) in [6.45, 7) is 1.96. The van der Waals surface area contributed by atoms with Gasteiger partial charge in [-0.2, -0.15) is 0 Å². The molecule has 0 bridgehead atoms. The Kier molecular flexibility index (Phi) is 5.34. The van der Waals surface area contributed by atoms with Crippen LogP contribution in [0.1, 0.15) is 35.5 Å². The van der Waals surface area contributed by atoms with E-state index in [-0.39, 0.29) is 5.91 Å². The van der Waals surface area contributed by atoms with Gasteiger partial charge in [0.15, 0.2) is 5.16 Å². The van der Waals surface area contributed by atoms with Gasteiger partial charge in [-0.05, 0) is 37.5 Å². The van der Waals surface area contributed by atoms with Crippen molar-refractivity contribution in [2.45, 2.75) is 36.2 Å². The SMILES string of the molecule is COc1cccc(NC(=O)[C@H](Sc2nnc(C)n2C2CC2)c2ccccc2)c1. The van der Waals surface area contributed by atoms with Crippen LogP contribution in [0, 0.1) is 6.92 Å². The quantitative estimate of drug-likeness (QED) is 0.602. The van der Waals surface area contributed by atoms with Gasteiger partial charge in [-0.1, -0.05) is 48.2 Å². The highest BCUT2D eigenvalue weighted by Crippen LogP contribution is 2.42. The van der Waals surface area contributed by atoms with Crippen LogP contribution in [-0.4, -0.2) is 27.8 Å². The van der Waals surface area contributed by atoms with E-state index in [0.29, 0.717) is 17.5 Å². The van der Waals surface area contributed by atoms with Crippen molar-refractivity contribution in [1.29, 1.82) is 0 Å². The standard InChI is InChI=1S/C21H22N4O2S/c1-14-23-24-21(25(14)17-11-12-17)28-19(15-7-4-3-5-8-15)20(26)22-16-9-6-10-18(13-16)27-2/h3-10,13,17,19H,11-12H2,1-2H3,(H,22,26)/t19-/m1/s1. The second-order valence-corrected chi connectivity index (χ2v) is 7.83. The third-order valence-corrected chi connectivity index (χ3v) is 5.86. The summed E-state index contributed by atoms with van der Waals surface area (Å²) >= 11 is 1.44.